The first-order valence-electron chi connectivity index (χ1n) is 12.1. The zero-order valence-corrected chi connectivity index (χ0v) is 20.0. The zero-order chi connectivity index (χ0) is 23.0. The second kappa shape index (κ2) is 22.8. The largest absolute Gasteiger partial charge is 0.481 e. The van der Waals surface area contributed by atoms with Crippen LogP contribution in [0.15, 0.2) is 36.5 Å². The monoisotopic (exact) mass is 432 g/mol. The predicted octanol–water partition coefficient (Wildman–Crippen LogP) is 7.07. The molecule has 1 unspecified atom stereocenters. The molecule has 0 saturated carbocycles. The van der Waals surface area contributed by atoms with E-state index in [0.29, 0.717) is 26.1 Å². The molecular formula is C27H44O4. The fraction of sp³-hybridized carbons (Fsp3) is 0.667. The van der Waals surface area contributed by atoms with E-state index in [9.17, 15) is 9.90 Å². The van der Waals surface area contributed by atoms with E-state index < -0.39 is 18.2 Å². The molecule has 0 bridgehead atoms. The van der Waals surface area contributed by atoms with E-state index in [1.54, 1.807) is 0 Å². The quantitative estimate of drug-likeness (QED) is 0.103. The van der Waals surface area contributed by atoms with Crippen molar-refractivity contribution in [1.82, 2.24) is 0 Å². The molecule has 0 radical (unpaired) electrons. The lowest BCUT2D eigenvalue weighted by Gasteiger charge is -2.10. The minimum absolute atomic E-state index is 0.394. The molecule has 0 aliphatic rings. The lowest BCUT2D eigenvalue weighted by atomic mass is 10.00. The summed E-state index contributed by atoms with van der Waals surface area (Å²) in [7, 11) is 0. The van der Waals surface area contributed by atoms with Crippen LogP contribution in [-0.2, 0) is 14.3 Å². The van der Waals surface area contributed by atoms with Crippen molar-refractivity contribution in [1.29, 1.82) is 0 Å². The van der Waals surface area contributed by atoms with Crippen molar-refractivity contribution in [2.75, 3.05) is 13.2 Å². The minimum Gasteiger partial charge on any atom is -0.481 e. The summed E-state index contributed by atoms with van der Waals surface area (Å²) in [6, 6.07) is 0. The Morgan fingerprint density at radius 3 is 2.03 bits per heavy atom. The highest BCUT2D eigenvalue weighted by Gasteiger charge is 2.12. The number of hydrogen-bond acceptors (Lipinski definition) is 3. The van der Waals surface area contributed by atoms with Gasteiger partial charge in [0, 0.05) is 6.42 Å². The summed E-state index contributed by atoms with van der Waals surface area (Å²) in [4.78, 5) is 11.4. The number of rotatable bonds is 19. The van der Waals surface area contributed by atoms with Gasteiger partial charge in [0.15, 0.2) is 0 Å². The Morgan fingerprint density at radius 1 is 0.839 bits per heavy atom. The molecule has 176 valence electrons. The van der Waals surface area contributed by atoms with E-state index in [2.05, 4.69) is 44.8 Å². The highest BCUT2D eigenvalue weighted by atomic mass is 16.7. The Balaban J connectivity index is 4.39. The van der Waals surface area contributed by atoms with Crippen molar-refractivity contribution in [2.24, 2.45) is 5.92 Å². The number of hydrogen-bond donors (Lipinski definition) is 1. The lowest BCUT2D eigenvalue weighted by molar-refractivity contribution is -0.140. The summed E-state index contributed by atoms with van der Waals surface area (Å²) < 4.78 is 11.5. The zero-order valence-electron chi connectivity index (χ0n) is 20.0. The molecule has 0 spiro atoms. The minimum atomic E-state index is -0.743. The van der Waals surface area contributed by atoms with Crippen LogP contribution in [0.3, 0.4) is 0 Å². The van der Waals surface area contributed by atoms with Crippen molar-refractivity contribution in [3.05, 3.63) is 36.5 Å². The van der Waals surface area contributed by atoms with E-state index in [1.165, 1.54) is 0 Å². The molecule has 1 atom stereocenters. The van der Waals surface area contributed by atoms with Gasteiger partial charge in [-0.2, -0.15) is 0 Å². The molecular weight excluding hydrogens is 388 g/mol. The summed E-state index contributed by atoms with van der Waals surface area (Å²) in [6.07, 6.45) is 22.2. The average molecular weight is 433 g/mol. The summed E-state index contributed by atoms with van der Waals surface area (Å²) in [6.45, 7) is 7.40. The van der Waals surface area contributed by atoms with Crippen LogP contribution in [0.1, 0.15) is 91.4 Å². The Morgan fingerprint density at radius 2 is 1.48 bits per heavy atom. The van der Waals surface area contributed by atoms with Gasteiger partial charge in [-0.15, -0.1) is 0 Å². The maximum atomic E-state index is 11.4. The van der Waals surface area contributed by atoms with Gasteiger partial charge >= 0.3 is 5.97 Å². The van der Waals surface area contributed by atoms with Gasteiger partial charge in [0.25, 0.3) is 0 Å². The Hall–Kier alpha value is -1.83. The van der Waals surface area contributed by atoms with Gasteiger partial charge in [-0.3, -0.25) is 4.79 Å². The van der Waals surface area contributed by atoms with Gasteiger partial charge in [-0.1, -0.05) is 95.3 Å². The number of carbonyl (C=O) groups is 1. The van der Waals surface area contributed by atoms with E-state index in [1.807, 2.05) is 24.3 Å². The summed E-state index contributed by atoms with van der Waals surface area (Å²) in [5, 5.41) is 9.35. The van der Waals surface area contributed by atoms with Crippen LogP contribution in [0.5, 0.6) is 0 Å². The predicted molar refractivity (Wildman–Crippen MR) is 130 cm³/mol. The third-order valence-electron chi connectivity index (χ3n) is 4.63. The van der Waals surface area contributed by atoms with Crippen molar-refractivity contribution >= 4 is 5.97 Å². The first-order chi connectivity index (χ1) is 15.2. The number of ether oxygens (including phenoxy) is 2. The molecule has 0 aromatic heterocycles. The first kappa shape index (κ1) is 29.2. The second-order valence-electron chi connectivity index (χ2n) is 7.60. The van der Waals surface area contributed by atoms with Crippen LogP contribution in [-0.4, -0.2) is 30.6 Å². The molecule has 1 N–H and O–H groups in total. The van der Waals surface area contributed by atoms with Gasteiger partial charge in [0.05, 0.1) is 19.1 Å². The van der Waals surface area contributed by atoms with Crippen molar-refractivity contribution in [2.45, 2.75) is 97.7 Å². The highest BCUT2D eigenvalue weighted by molar-refractivity contribution is 5.72. The van der Waals surface area contributed by atoms with E-state index in [-0.39, 0.29) is 0 Å². The highest BCUT2D eigenvalue weighted by Crippen LogP contribution is 2.13. The van der Waals surface area contributed by atoms with Gasteiger partial charge < -0.3 is 14.6 Å². The van der Waals surface area contributed by atoms with Crippen LogP contribution >= 0.6 is 0 Å². The third kappa shape index (κ3) is 19.9. The van der Waals surface area contributed by atoms with Crippen LogP contribution in [0, 0.1) is 17.8 Å². The number of unbranched alkanes of at least 4 members (excludes halogenated alkanes) is 6. The standard InChI is InChI=1S/C27H44O4/c1-4-7-10-15-20-25(27(28)29)21-16-13-14-17-22-26(30-23-18-11-8-5-2)31-24-19-12-9-6-3/h11-12,15,18-20,25-26H,4-10,13-14,16,21,23-24H2,1-3H3,(H,28,29)/b18-11+,19-12+,20-15?. The van der Waals surface area contributed by atoms with E-state index >= 15 is 0 Å². The van der Waals surface area contributed by atoms with Crippen molar-refractivity contribution in [3.8, 4) is 11.8 Å². The van der Waals surface area contributed by atoms with Gasteiger partial charge in [-0.05, 0) is 38.0 Å². The Kier molecular flexibility index (Phi) is 21.5. The number of carboxylic acids is 1. The Labute approximate surface area is 190 Å². The fourth-order valence-corrected chi connectivity index (χ4v) is 2.74. The molecule has 0 rings (SSSR count). The topological polar surface area (TPSA) is 55.8 Å². The Bertz CT molecular complexity index is 546. The first-order valence-corrected chi connectivity index (χ1v) is 12.1. The summed E-state index contributed by atoms with van der Waals surface area (Å²) >= 11 is 0. The van der Waals surface area contributed by atoms with Crippen LogP contribution in [0.2, 0.25) is 0 Å². The lowest BCUT2D eigenvalue weighted by Crippen LogP contribution is -2.15. The third-order valence-corrected chi connectivity index (χ3v) is 4.63. The van der Waals surface area contributed by atoms with Crippen molar-refractivity contribution < 1.29 is 19.4 Å². The summed E-state index contributed by atoms with van der Waals surface area (Å²) in [5.41, 5.74) is 0. The normalized spacial score (nSPS) is 12.8. The molecule has 0 saturated heterocycles. The molecule has 0 fully saturated rings. The molecule has 0 amide bonds. The fourth-order valence-electron chi connectivity index (χ4n) is 2.74. The molecule has 0 aromatic rings. The van der Waals surface area contributed by atoms with Crippen LogP contribution < -0.4 is 0 Å². The van der Waals surface area contributed by atoms with Crippen molar-refractivity contribution in [3.63, 3.8) is 0 Å². The average Bonchev–Trinajstić information content (AvgIpc) is 2.76. The molecule has 0 aliphatic heterocycles. The van der Waals surface area contributed by atoms with Crippen LogP contribution in [0.4, 0.5) is 0 Å². The maximum absolute atomic E-state index is 11.4. The summed E-state index contributed by atoms with van der Waals surface area (Å²) in [5.74, 6) is 5.07. The number of aliphatic carboxylic acids is 1. The number of allylic oxidation sites excluding steroid dienone is 3. The molecule has 4 nitrogen and oxygen atoms in total. The molecule has 4 heteroatoms. The maximum Gasteiger partial charge on any atom is 0.310 e. The molecule has 0 aliphatic carbocycles. The molecule has 0 heterocycles. The van der Waals surface area contributed by atoms with Gasteiger partial charge in [-0.25, -0.2) is 0 Å². The van der Waals surface area contributed by atoms with E-state index in [0.717, 1.165) is 57.8 Å². The molecule has 0 aromatic carbocycles. The van der Waals surface area contributed by atoms with Crippen LogP contribution in [0.25, 0.3) is 0 Å². The second-order valence-corrected chi connectivity index (χ2v) is 7.60. The smallest absolute Gasteiger partial charge is 0.310 e. The van der Waals surface area contributed by atoms with Gasteiger partial charge in [0.1, 0.15) is 0 Å². The van der Waals surface area contributed by atoms with E-state index in [4.69, 9.17) is 9.47 Å². The molecule has 31 heavy (non-hydrogen) atoms. The SMILES string of the molecule is CCC/C=C/COC(C#CCCCCC(C=CCCCC)C(=O)O)OC/C=C/CCC. The number of carboxylic acid groups (broad SMARTS) is 1. The van der Waals surface area contributed by atoms with Gasteiger partial charge in [0.2, 0.25) is 6.29 Å².